The Morgan fingerprint density at radius 3 is 2.48 bits per heavy atom. The van der Waals surface area contributed by atoms with Crippen molar-refractivity contribution in [3.8, 4) is 11.8 Å². The van der Waals surface area contributed by atoms with Gasteiger partial charge in [0.15, 0.2) is 0 Å². The van der Waals surface area contributed by atoms with E-state index in [9.17, 15) is 14.4 Å². The van der Waals surface area contributed by atoms with E-state index in [0.29, 0.717) is 29.7 Å². The number of esters is 1. The third-order valence-corrected chi connectivity index (χ3v) is 3.67. The minimum Gasteiger partial charge on any atom is -0.477 e. The van der Waals surface area contributed by atoms with Crippen LogP contribution in [0.2, 0.25) is 0 Å². The van der Waals surface area contributed by atoms with Crippen LogP contribution >= 0.6 is 0 Å². The van der Waals surface area contributed by atoms with Crippen molar-refractivity contribution >= 4 is 28.6 Å². The first-order chi connectivity index (χ1) is 11.9. The number of benzene rings is 1. The maximum Gasteiger partial charge on any atom is 0.384 e. The van der Waals surface area contributed by atoms with Gasteiger partial charge in [0, 0.05) is 36.0 Å². The lowest BCUT2D eigenvalue weighted by Crippen LogP contribution is -2.23. The van der Waals surface area contributed by atoms with Gasteiger partial charge in [-0.05, 0) is 26.0 Å². The Kier molecular flexibility index (Phi) is 5.45. The Labute approximate surface area is 143 Å². The second-order valence-electron chi connectivity index (χ2n) is 5.07. The third kappa shape index (κ3) is 3.80. The number of hydrogen-bond acceptors (Lipinski definition) is 6. The van der Waals surface area contributed by atoms with Crippen LogP contribution in [0.3, 0.4) is 0 Å². The van der Waals surface area contributed by atoms with Crippen LogP contribution in [0.5, 0.6) is 0 Å². The topological polar surface area (TPSA) is 97.0 Å². The molecule has 0 atom stereocenters. The van der Waals surface area contributed by atoms with Gasteiger partial charge in [-0.3, -0.25) is 0 Å². The highest BCUT2D eigenvalue weighted by molar-refractivity contribution is 5.94. The fraction of sp³-hybridized carbons (Fsp3) is 0.278. The molecule has 1 aromatic carbocycles. The monoisotopic (exact) mass is 343 g/mol. The Morgan fingerprint density at radius 1 is 1.24 bits per heavy atom. The highest BCUT2D eigenvalue weighted by Gasteiger charge is 2.15. The number of carboxylic acids is 1. The first-order valence-corrected chi connectivity index (χ1v) is 7.61. The molecule has 0 amide bonds. The first kappa shape index (κ1) is 18.1. The Balaban J connectivity index is 2.76. The van der Waals surface area contributed by atoms with Crippen LogP contribution in [0, 0.1) is 11.8 Å². The number of methoxy groups -OCH3 is 1. The normalized spacial score (nSPS) is 10.0. The van der Waals surface area contributed by atoms with Crippen LogP contribution in [-0.2, 0) is 9.53 Å². The van der Waals surface area contributed by atoms with Gasteiger partial charge >= 0.3 is 17.6 Å². The summed E-state index contributed by atoms with van der Waals surface area (Å²) >= 11 is 0. The second kappa shape index (κ2) is 7.53. The summed E-state index contributed by atoms with van der Waals surface area (Å²) < 4.78 is 9.65. The molecule has 1 aromatic heterocycles. The van der Waals surface area contributed by atoms with Gasteiger partial charge in [0.1, 0.15) is 11.1 Å². The molecule has 0 saturated carbocycles. The number of hydrogen-bond donors (Lipinski definition) is 1. The van der Waals surface area contributed by atoms with Crippen molar-refractivity contribution in [2.45, 2.75) is 13.8 Å². The summed E-state index contributed by atoms with van der Waals surface area (Å²) in [4.78, 5) is 36.2. The minimum atomic E-state index is -1.37. The fourth-order valence-electron chi connectivity index (χ4n) is 2.40. The maximum absolute atomic E-state index is 11.8. The number of carbonyl (C=O) groups excluding carboxylic acids is 1. The third-order valence-electron chi connectivity index (χ3n) is 3.67. The average Bonchev–Trinajstić information content (AvgIpc) is 2.59. The summed E-state index contributed by atoms with van der Waals surface area (Å²) in [7, 11) is 1.23. The SMILES string of the molecule is CCN(CC)c1cc2oc(=O)c(C(=O)O)cc2cc1C#CC(=O)OC. The molecule has 0 spiro atoms. The Hall–Kier alpha value is -3.27. The van der Waals surface area contributed by atoms with Gasteiger partial charge in [-0.2, -0.15) is 0 Å². The van der Waals surface area contributed by atoms with Crippen LogP contribution in [0.4, 0.5) is 5.69 Å². The zero-order valence-corrected chi connectivity index (χ0v) is 14.1. The number of rotatable bonds is 4. The molecule has 0 aliphatic rings. The number of fused-ring (bicyclic) bond motifs is 1. The molecular formula is C18H17NO6. The highest BCUT2D eigenvalue weighted by Crippen LogP contribution is 2.26. The molecule has 0 radical (unpaired) electrons. The molecule has 25 heavy (non-hydrogen) atoms. The number of aromatic carboxylic acids is 1. The Bertz CT molecular complexity index is 944. The molecule has 2 rings (SSSR count). The van der Waals surface area contributed by atoms with E-state index in [2.05, 4.69) is 16.6 Å². The summed E-state index contributed by atoms with van der Waals surface area (Å²) in [6.07, 6.45) is 0. The molecule has 0 saturated heterocycles. The van der Waals surface area contributed by atoms with Gasteiger partial charge in [0.2, 0.25) is 0 Å². The molecule has 1 N–H and O–H groups in total. The summed E-state index contributed by atoms with van der Waals surface area (Å²) in [6, 6.07) is 4.45. The lowest BCUT2D eigenvalue weighted by Gasteiger charge is -2.22. The lowest BCUT2D eigenvalue weighted by molar-refractivity contribution is -0.133. The molecule has 0 aliphatic heterocycles. The van der Waals surface area contributed by atoms with Crippen LogP contribution in [-0.4, -0.2) is 37.2 Å². The van der Waals surface area contributed by atoms with E-state index < -0.39 is 23.1 Å². The van der Waals surface area contributed by atoms with Crippen molar-refractivity contribution in [2.24, 2.45) is 0 Å². The molecule has 0 bridgehead atoms. The van der Waals surface area contributed by atoms with Crippen LogP contribution < -0.4 is 10.5 Å². The maximum atomic E-state index is 11.8. The van der Waals surface area contributed by atoms with Crippen molar-refractivity contribution in [1.82, 2.24) is 0 Å². The van der Waals surface area contributed by atoms with E-state index in [1.54, 1.807) is 12.1 Å². The number of anilines is 1. The number of ether oxygens (including phenoxy) is 1. The molecule has 0 unspecified atom stereocenters. The van der Waals surface area contributed by atoms with Gasteiger partial charge in [-0.25, -0.2) is 14.4 Å². The van der Waals surface area contributed by atoms with Gasteiger partial charge in [0.05, 0.1) is 12.8 Å². The van der Waals surface area contributed by atoms with E-state index in [0.717, 1.165) is 0 Å². The van der Waals surface area contributed by atoms with E-state index in [1.807, 2.05) is 18.7 Å². The highest BCUT2D eigenvalue weighted by atomic mass is 16.5. The van der Waals surface area contributed by atoms with Gasteiger partial charge in [-0.15, -0.1) is 0 Å². The molecule has 1 heterocycles. The van der Waals surface area contributed by atoms with Crippen molar-refractivity contribution in [3.05, 3.63) is 39.7 Å². The zero-order valence-electron chi connectivity index (χ0n) is 14.1. The number of carboxylic acid groups (broad SMARTS) is 1. The largest absolute Gasteiger partial charge is 0.477 e. The quantitative estimate of drug-likeness (QED) is 0.514. The van der Waals surface area contributed by atoms with Gasteiger partial charge < -0.3 is 19.2 Å². The molecule has 7 heteroatoms. The van der Waals surface area contributed by atoms with Crippen LogP contribution in [0.15, 0.2) is 27.4 Å². The minimum absolute atomic E-state index is 0.250. The van der Waals surface area contributed by atoms with E-state index in [1.165, 1.54) is 13.2 Å². The Morgan fingerprint density at radius 2 is 1.92 bits per heavy atom. The second-order valence-corrected chi connectivity index (χ2v) is 5.07. The van der Waals surface area contributed by atoms with Crippen LogP contribution in [0.25, 0.3) is 11.0 Å². The van der Waals surface area contributed by atoms with E-state index >= 15 is 0 Å². The van der Waals surface area contributed by atoms with Crippen LogP contribution in [0.1, 0.15) is 29.8 Å². The molecule has 0 aliphatic carbocycles. The standard InChI is InChI=1S/C18H17NO6/c1-4-19(5-2)14-10-15-12(8-11(14)6-7-16(20)24-3)9-13(17(21)22)18(23)25-15/h8-10H,4-5H2,1-3H3,(H,21,22). The number of nitrogens with zero attached hydrogens (tertiary/aromatic N) is 1. The summed E-state index contributed by atoms with van der Waals surface area (Å²) in [5, 5.41) is 9.47. The summed E-state index contributed by atoms with van der Waals surface area (Å²) in [5.74, 6) is 3.04. The van der Waals surface area contributed by atoms with E-state index in [4.69, 9.17) is 9.52 Å². The first-order valence-electron chi connectivity index (χ1n) is 7.61. The van der Waals surface area contributed by atoms with E-state index in [-0.39, 0.29) is 5.58 Å². The van der Waals surface area contributed by atoms with Crippen molar-refractivity contribution < 1.29 is 23.8 Å². The lowest BCUT2D eigenvalue weighted by atomic mass is 10.1. The van der Waals surface area contributed by atoms with Gasteiger partial charge in [0.25, 0.3) is 0 Å². The van der Waals surface area contributed by atoms with Crippen molar-refractivity contribution in [2.75, 3.05) is 25.1 Å². The predicted octanol–water partition coefficient (Wildman–Crippen LogP) is 1.86. The van der Waals surface area contributed by atoms with Crippen molar-refractivity contribution in [3.63, 3.8) is 0 Å². The average molecular weight is 343 g/mol. The number of carbonyl (C=O) groups is 2. The smallest absolute Gasteiger partial charge is 0.384 e. The molecule has 7 nitrogen and oxygen atoms in total. The van der Waals surface area contributed by atoms with Gasteiger partial charge in [-0.1, -0.05) is 5.92 Å². The summed E-state index contributed by atoms with van der Waals surface area (Å²) in [5.41, 5.74) is 0.0568. The molecule has 0 fully saturated rings. The fourth-order valence-corrected chi connectivity index (χ4v) is 2.40. The molecule has 130 valence electrons. The zero-order chi connectivity index (χ0) is 18.6. The summed E-state index contributed by atoms with van der Waals surface area (Å²) in [6.45, 7) is 5.25. The van der Waals surface area contributed by atoms with Crippen molar-refractivity contribution in [1.29, 1.82) is 0 Å². The molecule has 2 aromatic rings. The molecular weight excluding hydrogens is 326 g/mol. The predicted molar refractivity (Wildman–Crippen MR) is 91.9 cm³/mol.